The van der Waals surface area contributed by atoms with Gasteiger partial charge in [-0.2, -0.15) is 13.2 Å². The Morgan fingerprint density at radius 2 is 2.07 bits per heavy atom. The lowest BCUT2D eigenvalue weighted by molar-refractivity contribution is -0.137. The second kappa shape index (κ2) is 8.39. The molecule has 0 aliphatic rings. The van der Waals surface area contributed by atoms with Gasteiger partial charge in [-0.3, -0.25) is 4.79 Å². The highest BCUT2D eigenvalue weighted by Crippen LogP contribution is 2.43. The van der Waals surface area contributed by atoms with Crippen LogP contribution < -0.4 is 4.74 Å². The summed E-state index contributed by atoms with van der Waals surface area (Å²) in [6.45, 7) is 5.49. The lowest BCUT2D eigenvalue weighted by Gasteiger charge is -2.07. The third kappa shape index (κ3) is 5.14. The van der Waals surface area contributed by atoms with Crippen molar-refractivity contribution in [3.05, 3.63) is 40.5 Å². The lowest BCUT2D eigenvalue weighted by atomic mass is 10.1. The minimum Gasteiger partial charge on any atom is -0.425 e. The second-order valence-corrected chi connectivity index (χ2v) is 9.25. The van der Waals surface area contributed by atoms with Crippen LogP contribution in [0.5, 0.6) is 5.75 Å². The standard InChI is InChI=1S/C20H21F3N2O2S2/c1-11(2)7-14-9-25(4)19(24-14)28-10-17-18(27-12(3)26)15-8-13(20(21,22)23)5-6-16(15)29-17/h5-6,8-9,11H,7,10H2,1-4H3. The van der Waals surface area contributed by atoms with Gasteiger partial charge in [0.1, 0.15) is 0 Å². The normalized spacial score (nSPS) is 12.1. The number of halogens is 3. The van der Waals surface area contributed by atoms with Crippen LogP contribution in [0.3, 0.4) is 0 Å². The van der Waals surface area contributed by atoms with Gasteiger partial charge in [0, 0.05) is 36.0 Å². The summed E-state index contributed by atoms with van der Waals surface area (Å²) >= 11 is 2.79. The van der Waals surface area contributed by atoms with Gasteiger partial charge in [0.15, 0.2) is 10.9 Å². The molecule has 2 aromatic heterocycles. The van der Waals surface area contributed by atoms with Gasteiger partial charge in [-0.1, -0.05) is 25.6 Å². The minimum atomic E-state index is -4.46. The van der Waals surface area contributed by atoms with Crippen molar-refractivity contribution in [2.24, 2.45) is 13.0 Å². The van der Waals surface area contributed by atoms with Gasteiger partial charge in [0.25, 0.3) is 0 Å². The first-order valence-electron chi connectivity index (χ1n) is 9.00. The fraction of sp³-hybridized carbons (Fsp3) is 0.400. The molecule has 0 bridgehead atoms. The van der Waals surface area contributed by atoms with E-state index in [1.54, 1.807) is 0 Å². The Morgan fingerprint density at radius 3 is 2.69 bits per heavy atom. The molecule has 2 heterocycles. The van der Waals surface area contributed by atoms with E-state index in [0.29, 0.717) is 26.6 Å². The molecule has 156 valence electrons. The molecule has 0 saturated carbocycles. The van der Waals surface area contributed by atoms with Crippen LogP contribution >= 0.6 is 23.1 Å². The zero-order valence-electron chi connectivity index (χ0n) is 16.5. The molecule has 0 saturated heterocycles. The predicted octanol–water partition coefficient (Wildman–Crippen LogP) is 6.07. The molecule has 0 fully saturated rings. The fourth-order valence-electron chi connectivity index (χ4n) is 2.94. The lowest BCUT2D eigenvalue weighted by Crippen LogP contribution is -2.05. The summed E-state index contributed by atoms with van der Waals surface area (Å²) < 4.78 is 47.2. The molecule has 0 amide bonds. The molecule has 0 N–H and O–H groups in total. The van der Waals surface area contributed by atoms with E-state index in [-0.39, 0.29) is 5.75 Å². The number of carbonyl (C=O) groups excluding carboxylic acids is 1. The molecule has 0 aliphatic heterocycles. The topological polar surface area (TPSA) is 44.1 Å². The monoisotopic (exact) mass is 442 g/mol. The number of carbonyl (C=O) groups is 1. The van der Waals surface area contributed by atoms with E-state index >= 15 is 0 Å². The Kier molecular flexibility index (Phi) is 6.28. The molecule has 29 heavy (non-hydrogen) atoms. The van der Waals surface area contributed by atoms with Crippen LogP contribution in [0.15, 0.2) is 29.6 Å². The van der Waals surface area contributed by atoms with Crippen molar-refractivity contribution >= 4 is 39.2 Å². The number of aryl methyl sites for hydroxylation is 1. The van der Waals surface area contributed by atoms with Crippen LogP contribution in [0.25, 0.3) is 10.1 Å². The average molecular weight is 443 g/mol. The Labute approximate surface area is 175 Å². The van der Waals surface area contributed by atoms with Gasteiger partial charge in [0.2, 0.25) is 0 Å². The Bertz CT molecular complexity index is 1040. The summed E-state index contributed by atoms with van der Waals surface area (Å²) in [6, 6.07) is 3.51. The van der Waals surface area contributed by atoms with E-state index in [2.05, 4.69) is 18.8 Å². The largest absolute Gasteiger partial charge is 0.425 e. The number of nitrogens with zero attached hydrogens (tertiary/aromatic N) is 2. The van der Waals surface area contributed by atoms with Crippen LogP contribution in [-0.2, 0) is 30.2 Å². The quantitative estimate of drug-likeness (QED) is 0.343. The highest BCUT2D eigenvalue weighted by molar-refractivity contribution is 7.98. The molecule has 0 atom stereocenters. The number of alkyl halides is 3. The van der Waals surface area contributed by atoms with E-state index in [9.17, 15) is 18.0 Å². The Balaban J connectivity index is 1.92. The van der Waals surface area contributed by atoms with Crippen molar-refractivity contribution in [3.63, 3.8) is 0 Å². The van der Waals surface area contributed by atoms with Crippen molar-refractivity contribution in [3.8, 4) is 5.75 Å². The Hall–Kier alpha value is -2.00. The van der Waals surface area contributed by atoms with Crippen LogP contribution in [-0.4, -0.2) is 15.5 Å². The molecular weight excluding hydrogens is 421 g/mol. The molecule has 0 spiro atoms. The van der Waals surface area contributed by atoms with Crippen LogP contribution in [0.1, 0.15) is 36.9 Å². The SMILES string of the molecule is CC(=O)Oc1c(CSc2nc(CC(C)C)cn2C)sc2ccc(C(F)(F)F)cc12. The summed E-state index contributed by atoms with van der Waals surface area (Å²) in [6.07, 6.45) is -1.61. The second-order valence-electron chi connectivity index (χ2n) is 7.17. The summed E-state index contributed by atoms with van der Waals surface area (Å²) in [5.74, 6) is 0.566. The molecule has 1 aromatic carbocycles. The molecule has 0 radical (unpaired) electrons. The number of rotatable bonds is 6. The number of hydrogen-bond donors (Lipinski definition) is 0. The number of imidazole rings is 1. The van der Waals surface area contributed by atoms with Gasteiger partial charge >= 0.3 is 12.1 Å². The maximum atomic E-state index is 13.1. The molecule has 0 unspecified atom stereocenters. The smallest absolute Gasteiger partial charge is 0.416 e. The highest BCUT2D eigenvalue weighted by atomic mass is 32.2. The number of benzene rings is 1. The fourth-order valence-corrected chi connectivity index (χ4v) is 5.09. The summed E-state index contributed by atoms with van der Waals surface area (Å²) in [5, 5.41) is 1.11. The first-order chi connectivity index (χ1) is 13.5. The van der Waals surface area contributed by atoms with Crippen LogP contribution in [0.2, 0.25) is 0 Å². The maximum Gasteiger partial charge on any atom is 0.416 e. The number of thioether (sulfide) groups is 1. The summed E-state index contributed by atoms with van der Waals surface area (Å²) in [5.41, 5.74) is 0.231. The van der Waals surface area contributed by atoms with Crippen molar-refractivity contribution in [1.82, 2.24) is 9.55 Å². The van der Waals surface area contributed by atoms with Crippen LogP contribution in [0, 0.1) is 5.92 Å². The highest BCUT2D eigenvalue weighted by Gasteiger charge is 2.31. The van der Waals surface area contributed by atoms with E-state index in [1.165, 1.54) is 36.1 Å². The maximum absolute atomic E-state index is 13.1. The van der Waals surface area contributed by atoms with E-state index in [1.807, 2.05) is 17.8 Å². The average Bonchev–Trinajstić information content (AvgIpc) is 3.11. The minimum absolute atomic E-state index is 0.202. The van der Waals surface area contributed by atoms with Crippen molar-refractivity contribution < 1.29 is 22.7 Å². The van der Waals surface area contributed by atoms with Crippen LogP contribution in [0.4, 0.5) is 13.2 Å². The zero-order valence-corrected chi connectivity index (χ0v) is 18.1. The van der Waals surface area contributed by atoms with Gasteiger partial charge in [-0.25, -0.2) is 4.98 Å². The Morgan fingerprint density at radius 1 is 1.34 bits per heavy atom. The van der Waals surface area contributed by atoms with E-state index < -0.39 is 17.7 Å². The number of thiophene rings is 1. The molecule has 3 rings (SSSR count). The van der Waals surface area contributed by atoms with Crippen molar-refractivity contribution in [2.75, 3.05) is 0 Å². The van der Waals surface area contributed by atoms with Crippen molar-refractivity contribution in [2.45, 2.75) is 44.3 Å². The van der Waals surface area contributed by atoms with Gasteiger partial charge in [-0.15, -0.1) is 11.3 Å². The molecule has 3 aromatic rings. The summed E-state index contributed by atoms with van der Waals surface area (Å²) in [4.78, 5) is 16.9. The third-order valence-electron chi connectivity index (χ3n) is 4.12. The first-order valence-corrected chi connectivity index (χ1v) is 10.8. The number of hydrogen-bond acceptors (Lipinski definition) is 5. The predicted molar refractivity (Wildman–Crippen MR) is 109 cm³/mol. The number of fused-ring (bicyclic) bond motifs is 1. The van der Waals surface area contributed by atoms with Gasteiger partial charge in [0.05, 0.1) is 16.1 Å². The first kappa shape index (κ1) is 21.7. The summed E-state index contributed by atoms with van der Waals surface area (Å²) in [7, 11) is 1.91. The third-order valence-corrected chi connectivity index (χ3v) is 6.52. The molecular formula is C20H21F3N2O2S2. The van der Waals surface area contributed by atoms with Gasteiger partial charge < -0.3 is 9.30 Å². The molecule has 0 aliphatic carbocycles. The number of aromatic nitrogens is 2. The number of ether oxygens (including phenoxy) is 1. The van der Waals surface area contributed by atoms with Gasteiger partial charge in [-0.05, 0) is 30.5 Å². The van der Waals surface area contributed by atoms with Crippen molar-refractivity contribution in [1.29, 1.82) is 0 Å². The molecule has 4 nitrogen and oxygen atoms in total. The number of esters is 1. The zero-order chi connectivity index (χ0) is 21.3. The van der Waals surface area contributed by atoms with E-state index in [4.69, 9.17) is 4.74 Å². The molecule has 9 heteroatoms. The van der Waals surface area contributed by atoms with E-state index in [0.717, 1.165) is 29.4 Å².